The second kappa shape index (κ2) is 6.66. The van der Waals surface area contributed by atoms with E-state index in [4.69, 9.17) is 4.52 Å². The van der Waals surface area contributed by atoms with Gasteiger partial charge in [0.1, 0.15) is 5.76 Å². The minimum atomic E-state index is -4.37. The van der Waals surface area contributed by atoms with Crippen LogP contribution >= 0.6 is 0 Å². The molecule has 2 heterocycles. The lowest BCUT2D eigenvalue weighted by molar-refractivity contribution is -0.137. The molecule has 1 saturated heterocycles. The molecule has 9 heteroatoms. The lowest BCUT2D eigenvalue weighted by Crippen LogP contribution is -2.50. The fourth-order valence-corrected chi connectivity index (χ4v) is 2.66. The van der Waals surface area contributed by atoms with Gasteiger partial charge in [-0.2, -0.15) is 13.2 Å². The van der Waals surface area contributed by atoms with E-state index in [0.717, 1.165) is 12.1 Å². The van der Waals surface area contributed by atoms with Gasteiger partial charge in [-0.25, -0.2) is 4.79 Å². The van der Waals surface area contributed by atoms with Crippen molar-refractivity contribution in [2.24, 2.45) is 0 Å². The quantitative estimate of drug-likeness (QED) is 0.898. The van der Waals surface area contributed by atoms with Crippen LogP contribution in [0.25, 0.3) is 0 Å². The Morgan fingerprint density at radius 2 is 1.92 bits per heavy atom. The molecule has 1 N–H and O–H groups in total. The number of carbonyl (C=O) groups excluding carboxylic acids is 1. The number of hydrogen-bond acceptors (Lipinski definition) is 4. The first kappa shape index (κ1) is 17.1. The summed E-state index contributed by atoms with van der Waals surface area (Å²) in [6, 6.07) is 6.52. The molecule has 2 amide bonds. The van der Waals surface area contributed by atoms with Crippen molar-refractivity contribution < 1.29 is 22.5 Å². The highest BCUT2D eigenvalue weighted by Gasteiger charge is 2.31. The largest absolute Gasteiger partial charge is 0.416 e. The SMILES string of the molecule is Cc1cc(NC(=O)N2CCN(c3cccc(C(F)(F)F)c3)CC2)no1. The van der Waals surface area contributed by atoms with Crippen molar-refractivity contribution in [3.8, 4) is 0 Å². The van der Waals surface area contributed by atoms with E-state index >= 15 is 0 Å². The summed E-state index contributed by atoms with van der Waals surface area (Å²) in [7, 11) is 0. The van der Waals surface area contributed by atoms with Gasteiger partial charge in [-0.15, -0.1) is 0 Å². The molecule has 0 bridgehead atoms. The summed E-state index contributed by atoms with van der Waals surface area (Å²) in [5.74, 6) is 0.924. The molecular formula is C16H17F3N4O2. The number of nitrogens with one attached hydrogen (secondary N) is 1. The zero-order valence-electron chi connectivity index (χ0n) is 13.5. The number of aromatic nitrogens is 1. The van der Waals surface area contributed by atoms with Crippen LogP contribution in [0, 0.1) is 6.92 Å². The van der Waals surface area contributed by atoms with Crippen molar-refractivity contribution in [3.05, 3.63) is 41.7 Å². The van der Waals surface area contributed by atoms with Crippen molar-refractivity contribution in [2.75, 3.05) is 36.4 Å². The maximum Gasteiger partial charge on any atom is 0.416 e. The Bertz CT molecular complexity index is 752. The van der Waals surface area contributed by atoms with E-state index in [1.54, 1.807) is 24.0 Å². The number of rotatable bonds is 2. The van der Waals surface area contributed by atoms with E-state index in [1.807, 2.05) is 4.90 Å². The van der Waals surface area contributed by atoms with Crippen LogP contribution in [0.15, 0.2) is 34.9 Å². The van der Waals surface area contributed by atoms with Crippen LogP contribution in [0.4, 0.5) is 29.5 Å². The van der Waals surface area contributed by atoms with E-state index in [1.165, 1.54) is 6.07 Å². The van der Waals surface area contributed by atoms with Gasteiger partial charge in [-0.1, -0.05) is 11.2 Å². The normalized spacial score (nSPS) is 15.4. The summed E-state index contributed by atoms with van der Waals surface area (Å²) >= 11 is 0. The highest BCUT2D eigenvalue weighted by atomic mass is 19.4. The fourth-order valence-electron chi connectivity index (χ4n) is 2.66. The van der Waals surface area contributed by atoms with Crippen LogP contribution in [0.3, 0.4) is 0 Å². The zero-order chi connectivity index (χ0) is 18.0. The first-order valence-electron chi connectivity index (χ1n) is 7.74. The number of benzene rings is 1. The number of alkyl halides is 3. The number of carbonyl (C=O) groups is 1. The second-order valence-electron chi connectivity index (χ2n) is 5.78. The van der Waals surface area contributed by atoms with Crippen LogP contribution in [-0.4, -0.2) is 42.3 Å². The predicted octanol–water partition coefficient (Wildman–Crippen LogP) is 3.36. The first-order chi connectivity index (χ1) is 11.8. The lowest BCUT2D eigenvalue weighted by Gasteiger charge is -2.36. The monoisotopic (exact) mass is 354 g/mol. The summed E-state index contributed by atoms with van der Waals surface area (Å²) in [6.45, 7) is 3.42. The molecule has 1 aliphatic rings. The van der Waals surface area contributed by atoms with E-state index in [9.17, 15) is 18.0 Å². The average molecular weight is 354 g/mol. The van der Waals surface area contributed by atoms with Crippen LogP contribution in [0.2, 0.25) is 0 Å². The molecule has 134 valence electrons. The van der Waals surface area contributed by atoms with Crippen molar-refractivity contribution in [3.63, 3.8) is 0 Å². The summed E-state index contributed by atoms with van der Waals surface area (Å²) in [6.07, 6.45) is -4.37. The summed E-state index contributed by atoms with van der Waals surface area (Å²) < 4.78 is 43.3. The second-order valence-corrected chi connectivity index (χ2v) is 5.78. The highest BCUT2D eigenvalue weighted by molar-refractivity contribution is 5.88. The van der Waals surface area contributed by atoms with Gasteiger partial charge in [0.15, 0.2) is 5.82 Å². The molecule has 3 rings (SSSR count). The third kappa shape index (κ3) is 4.04. The third-order valence-corrected chi connectivity index (χ3v) is 3.97. The topological polar surface area (TPSA) is 61.6 Å². The van der Waals surface area contributed by atoms with E-state index in [-0.39, 0.29) is 6.03 Å². The minimum absolute atomic E-state index is 0.308. The summed E-state index contributed by atoms with van der Waals surface area (Å²) in [5, 5.41) is 6.33. The Labute approximate surface area is 142 Å². The lowest BCUT2D eigenvalue weighted by atomic mass is 10.1. The number of halogens is 3. The number of nitrogens with zero attached hydrogens (tertiary/aromatic N) is 3. The molecule has 0 radical (unpaired) electrons. The standard InChI is InChI=1S/C16H17F3N4O2/c1-11-9-14(21-25-11)20-15(24)23-7-5-22(6-8-23)13-4-2-3-12(10-13)16(17,18)19/h2-4,9-10H,5-8H2,1H3,(H,20,21,24). The van der Waals surface area contributed by atoms with Gasteiger partial charge >= 0.3 is 12.2 Å². The van der Waals surface area contributed by atoms with E-state index in [2.05, 4.69) is 10.5 Å². The molecule has 0 aliphatic carbocycles. The number of aryl methyl sites for hydroxylation is 1. The summed E-state index contributed by atoms with van der Waals surface area (Å²) in [5.41, 5.74) is -0.173. The summed E-state index contributed by atoms with van der Waals surface area (Å²) in [4.78, 5) is 15.6. The Hall–Kier alpha value is -2.71. The molecule has 2 aromatic rings. The third-order valence-electron chi connectivity index (χ3n) is 3.97. The number of piperazine rings is 1. The molecule has 1 fully saturated rings. The molecule has 0 unspecified atom stereocenters. The van der Waals surface area contributed by atoms with E-state index in [0.29, 0.717) is 43.4 Å². The van der Waals surface area contributed by atoms with E-state index < -0.39 is 11.7 Å². The predicted molar refractivity (Wildman–Crippen MR) is 85.5 cm³/mol. The van der Waals surface area contributed by atoms with Crippen LogP contribution in [0.1, 0.15) is 11.3 Å². The van der Waals surface area contributed by atoms with Gasteiger partial charge in [0.25, 0.3) is 0 Å². The van der Waals surface area contributed by atoms with Gasteiger partial charge in [-0.3, -0.25) is 5.32 Å². The van der Waals surface area contributed by atoms with Gasteiger partial charge in [0.2, 0.25) is 0 Å². The Morgan fingerprint density at radius 1 is 1.20 bits per heavy atom. The van der Waals surface area contributed by atoms with Gasteiger partial charge in [0, 0.05) is 37.9 Å². The van der Waals surface area contributed by atoms with Crippen LogP contribution in [0.5, 0.6) is 0 Å². The van der Waals surface area contributed by atoms with Gasteiger partial charge in [0.05, 0.1) is 5.56 Å². The fraction of sp³-hybridized carbons (Fsp3) is 0.375. The first-order valence-corrected chi connectivity index (χ1v) is 7.74. The molecule has 6 nitrogen and oxygen atoms in total. The molecule has 0 saturated carbocycles. The number of hydrogen-bond donors (Lipinski definition) is 1. The molecule has 1 aromatic carbocycles. The number of urea groups is 1. The zero-order valence-corrected chi connectivity index (χ0v) is 13.5. The molecule has 0 atom stereocenters. The molecular weight excluding hydrogens is 337 g/mol. The van der Waals surface area contributed by atoms with Gasteiger partial charge < -0.3 is 14.3 Å². The Balaban J connectivity index is 1.59. The van der Waals surface area contributed by atoms with Crippen LogP contribution in [-0.2, 0) is 6.18 Å². The van der Waals surface area contributed by atoms with Crippen LogP contribution < -0.4 is 10.2 Å². The van der Waals surface area contributed by atoms with Crippen molar-refractivity contribution in [1.82, 2.24) is 10.1 Å². The van der Waals surface area contributed by atoms with Crippen molar-refractivity contribution >= 4 is 17.5 Å². The number of amides is 2. The Kier molecular flexibility index (Phi) is 4.56. The van der Waals surface area contributed by atoms with Crippen molar-refractivity contribution in [1.29, 1.82) is 0 Å². The molecule has 0 spiro atoms. The number of anilines is 2. The maximum atomic E-state index is 12.8. The molecule has 1 aliphatic heterocycles. The minimum Gasteiger partial charge on any atom is -0.368 e. The Morgan fingerprint density at radius 3 is 2.52 bits per heavy atom. The highest BCUT2D eigenvalue weighted by Crippen LogP contribution is 2.31. The smallest absolute Gasteiger partial charge is 0.368 e. The maximum absolute atomic E-state index is 12.8. The van der Waals surface area contributed by atoms with Crippen molar-refractivity contribution in [2.45, 2.75) is 13.1 Å². The molecule has 1 aromatic heterocycles. The van der Waals surface area contributed by atoms with Gasteiger partial charge in [-0.05, 0) is 25.1 Å². The average Bonchev–Trinajstić information content (AvgIpc) is 2.99. The molecule has 25 heavy (non-hydrogen) atoms.